The molecule has 0 unspecified atom stereocenters. The predicted octanol–water partition coefficient (Wildman–Crippen LogP) is 1.92. The van der Waals surface area contributed by atoms with Crippen molar-refractivity contribution < 1.29 is 23.7 Å². The highest BCUT2D eigenvalue weighted by molar-refractivity contribution is 5.77. The third kappa shape index (κ3) is 2.49. The molecule has 8 heteroatoms. The lowest BCUT2D eigenvalue weighted by molar-refractivity contribution is -0.135. The van der Waals surface area contributed by atoms with E-state index >= 15 is 0 Å². The van der Waals surface area contributed by atoms with Gasteiger partial charge in [0, 0.05) is 12.1 Å². The first kappa shape index (κ1) is 16.6. The number of methoxy groups -OCH3 is 1. The zero-order chi connectivity index (χ0) is 19.3. The lowest BCUT2D eigenvalue weighted by atomic mass is 9.87. The van der Waals surface area contributed by atoms with Gasteiger partial charge in [0.25, 0.3) is 5.56 Å². The summed E-state index contributed by atoms with van der Waals surface area (Å²) in [5, 5.41) is 0. The van der Waals surface area contributed by atoms with Gasteiger partial charge in [-0.05, 0) is 29.8 Å². The molecule has 1 atom stereocenters. The number of nitrogens with zero attached hydrogens (tertiary/aromatic N) is 2. The third-order valence-corrected chi connectivity index (χ3v) is 4.92. The second-order valence-electron chi connectivity index (χ2n) is 6.54. The predicted molar refractivity (Wildman–Crippen MR) is 97.5 cm³/mol. The van der Waals surface area contributed by atoms with Gasteiger partial charge in [-0.2, -0.15) is 4.98 Å². The molecular formula is C20H16N2O6. The molecule has 1 aromatic carbocycles. The summed E-state index contributed by atoms with van der Waals surface area (Å²) in [5.74, 6) is 0.601. The molecule has 0 amide bonds. The van der Waals surface area contributed by atoms with Crippen LogP contribution >= 0.6 is 0 Å². The Morgan fingerprint density at radius 3 is 2.89 bits per heavy atom. The van der Waals surface area contributed by atoms with Crippen molar-refractivity contribution in [3.63, 3.8) is 0 Å². The average molecular weight is 380 g/mol. The maximum absolute atomic E-state index is 13.2. The number of carbonyl (C=O) groups excluding carboxylic acids is 1. The van der Waals surface area contributed by atoms with E-state index < -0.39 is 11.9 Å². The van der Waals surface area contributed by atoms with E-state index in [9.17, 15) is 9.59 Å². The number of aromatic nitrogens is 2. The second-order valence-corrected chi connectivity index (χ2v) is 6.54. The highest BCUT2D eigenvalue weighted by atomic mass is 16.6. The van der Waals surface area contributed by atoms with Gasteiger partial charge >= 0.3 is 5.97 Å². The van der Waals surface area contributed by atoms with E-state index in [1.165, 1.54) is 11.5 Å². The topological polar surface area (TPSA) is 88.4 Å². The Morgan fingerprint density at radius 1 is 1.18 bits per heavy atom. The van der Waals surface area contributed by atoms with Gasteiger partial charge in [-0.15, -0.1) is 0 Å². The molecule has 4 heterocycles. The fourth-order valence-corrected chi connectivity index (χ4v) is 3.66. The summed E-state index contributed by atoms with van der Waals surface area (Å²) in [7, 11) is 1.53. The fourth-order valence-electron chi connectivity index (χ4n) is 3.66. The van der Waals surface area contributed by atoms with E-state index in [1.54, 1.807) is 36.5 Å². The highest BCUT2D eigenvalue weighted by Gasteiger charge is 2.34. The van der Waals surface area contributed by atoms with Gasteiger partial charge in [0.2, 0.25) is 11.6 Å². The molecule has 2 aromatic heterocycles. The normalized spacial score (nSPS) is 17.8. The van der Waals surface area contributed by atoms with Crippen LogP contribution in [0.25, 0.3) is 5.65 Å². The standard InChI is InChI=1S/C20H16N2O6/c1-25-13-8-11(9-14-18(13)27-7-6-26-14)12-10-16(23)28-19-17(12)20(24)22-5-3-2-4-15(22)21-19/h2-5,8-9,12H,6-7,10H2,1H3/t12-/m0/s1. The van der Waals surface area contributed by atoms with Gasteiger partial charge in [-0.25, -0.2) is 0 Å². The molecular weight excluding hydrogens is 364 g/mol. The zero-order valence-corrected chi connectivity index (χ0v) is 15.0. The van der Waals surface area contributed by atoms with E-state index in [-0.39, 0.29) is 17.9 Å². The summed E-state index contributed by atoms with van der Waals surface area (Å²) in [6.07, 6.45) is 1.66. The molecule has 142 valence electrons. The molecule has 0 bridgehead atoms. The van der Waals surface area contributed by atoms with Gasteiger partial charge in [0.1, 0.15) is 18.9 Å². The number of hydrogen-bond donors (Lipinski definition) is 0. The first-order valence-electron chi connectivity index (χ1n) is 8.85. The molecule has 2 aliphatic rings. The number of pyridine rings is 1. The van der Waals surface area contributed by atoms with Crippen molar-refractivity contribution in [1.29, 1.82) is 0 Å². The monoisotopic (exact) mass is 380 g/mol. The maximum atomic E-state index is 13.2. The van der Waals surface area contributed by atoms with Gasteiger partial charge in [0.15, 0.2) is 11.5 Å². The Labute approximate surface area is 159 Å². The summed E-state index contributed by atoms with van der Waals surface area (Å²) >= 11 is 0. The van der Waals surface area contributed by atoms with Crippen LogP contribution in [0.4, 0.5) is 0 Å². The van der Waals surface area contributed by atoms with Crippen molar-refractivity contribution in [3.8, 4) is 23.1 Å². The molecule has 3 aromatic rings. The van der Waals surface area contributed by atoms with Gasteiger partial charge in [-0.1, -0.05) is 6.07 Å². The largest absolute Gasteiger partial charge is 0.493 e. The lowest BCUT2D eigenvalue weighted by Crippen LogP contribution is -2.31. The Bertz CT molecular complexity index is 1150. The summed E-state index contributed by atoms with van der Waals surface area (Å²) in [6, 6.07) is 8.75. The molecule has 0 saturated carbocycles. The van der Waals surface area contributed by atoms with Crippen molar-refractivity contribution in [2.24, 2.45) is 0 Å². The van der Waals surface area contributed by atoms with Gasteiger partial charge in [0.05, 0.1) is 19.1 Å². The molecule has 2 aliphatic heterocycles. The van der Waals surface area contributed by atoms with Crippen molar-refractivity contribution in [2.45, 2.75) is 12.3 Å². The van der Waals surface area contributed by atoms with Crippen molar-refractivity contribution in [3.05, 3.63) is 58.0 Å². The Hall–Kier alpha value is -3.55. The van der Waals surface area contributed by atoms with Crippen molar-refractivity contribution >= 4 is 11.6 Å². The molecule has 0 saturated heterocycles. The van der Waals surface area contributed by atoms with Crippen LogP contribution in [0.15, 0.2) is 41.3 Å². The SMILES string of the molecule is COc1cc([C@@H]2CC(=O)Oc3nc4ccccn4c(=O)c32)cc2c1OCCO2. The number of rotatable bonds is 2. The van der Waals surface area contributed by atoms with Crippen LogP contribution in [0.2, 0.25) is 0 Å². The number of carbonyl (C=O) groups is 1. The Balaban J connectivity index is 1.73. The number of benzene rings is 1. The average Bonchev–Trinajstić information content (AvgIpc) is 2.72. The van der Waals surface area contributed by atoms with Crippen LogP contribution < -0.4 is 24.5 Å². The summed E-state index contributed by atoms with van der Waals surface area (Å²) in [6.45, 7) is 0.844. The Kier molecular flexibility index (Phi) is 3.71. The quantitative estimate of drug-likeness (QED) is 0.628. The van der Waals surface area contributed by atoms with Crippen molar-refractivity contribution in [1.82, 2.24) is 9.38 Å². The van der Waals surface area contributed by atoms with E-state index in [2.05, 4.69) is 4.98 Å². The summed E-state index contributed by atoms with van der Waals surface area (Å²) < 4.78 is 23.5. The first-order chi connectivity index (χ1) is 13.7. The van der Waals surface area contributed by atoms with E-state index in [0.717, 1.165) is 0 Å². The highest BCUT2D eigenvalue weighted by Crippen LogP contribution is 2.45. The molecule has 5 rings (SSSR count). The van der Waals surface area contributed by atoms with E-state index in [4.69, 9.17) is 18.9 Å². The van der Waals surface area contributed by atoms with E-state index in [0.29, 0.717) is 47.2 Å². The Morgan fingerprint density at radius 2 is 2.04 bits per heavy atom. The fraction of sp³-hybridized carbons (Fsp3) is 0.250. The van der Waals surface area contributed by atoms with Gasteiger partial charge < -0.3 is 18.9 Å². The number of ether oxygens (including phenoxy) is 4. The van der Waals surface area contributed by atoms with Crippen molar-refractivity contribution in [2.75, 3.05) is 20.3 Å². The van der Waals surface area contributed by atoms with Crippen LogP contribution in [0.3, 0.4) is 0 Å². The maximum Gasteiger partial charge on any atom is 0.313 e. The molecule has 0 aliphatic carbocycles. The number of esters is 1. The summed E-state index contributed by atoms with van der Waals surface area (Å²) in [5.41, 5.74) is 1.18. The number of fused-ring (bicyclic) bond motifs is 3. The number of hydrogen-bond acceptors (Lipinski definition) is 7. The van der Waals surface area contributed by atoms with Crippen LogP contribution in [0, 0.1) is 0 Å². The first-order valence-corrected chi connectivity index (χ1v) is 8.85. The molecule has 8 nitrogen and oxygen atoms in total. The minimum atomic E-state index is -0.530. The van der Waals surface area contributed by atoms with Crippen LogP contribution in [0.5, 0.6) is 23.1 Å². The second kappa shape index (κ2) is 6.26. The van der Waals surface area contributed by atoms with Crippen LogP contribution in [0.1, 0.15) is 23.5 Å². The van der Waals surface area contributed by atoms with Crippen LogP contribution in [-0.4, -0.2) is 35.7 Å². The summed E-state index contributed by atoms with van der Waals surface area (Å²) in [4.78, 5) is 29.8. The molecule has 28 heavy (non-hydrogen) atoms. The minimum Gasteiger partial charge on any atom is -0.493 e. The molecule has 0 spiro atoms. The molecule has 0 fully saturated rings. The molecule has 0 radical (unpaired) electrons. The van der Waals surface area contributed by atoms with Crippen LogP contribution in [-0.2, 0) is 4.79 Å². The third-order valence-electron chi connectivity index (χ3n) is 4.92. The smallest absolute Gasteiger partial charge is 0.313 e. The minimum absolute atomic E-state index is 0.0195. The zero-order valence-electron chi connectivity index (χ0n) is 15.0. The molecule has 0 N–H and O–H groups in total. The lowest BCUT2D eigenvalue weighted by Gasteiger charge is -2.26. The van der Waals surface area contributed by atoms with E-state index in [1.807, 2.05) is 0 Å². The van der Waals surface area contributed by atoms with Gasteiger partial charge in [-0.3, -0.25) is 14.0 Å².